The van der Waals surface area contributed by atoms with Gasteiger partial charge in [-0.3, -0.25) is 13.9 Å². The molecular weight excluding hydrogens is 450 g/mol. The number of amides is 2. The molecule has 1 N–H and O–H groups in total. The van der Waals surface area contributed by atoms with Crippen LogP contribution in [0.25, 0.3) is 0 Å². The standard InChI is InChI=1S/C26H37N3O4S/c1-7-22(25(31)27-26(3,4)5)28(18-17-21-14-9-8-10-15-21)24(30)19-29(34(6,32)33)23-16-12-11-13-20(23)2/h8-16,22H,7,17-19H2,1-6H3,(H,27,31). The fourth-order valence-electron chi connectivity index (χ4n) is 3.79. The average Bonchev–Trinajstić information content (AvgIpc) is 2.74. The minimum absolute atomic E-state index is 0.252. The monoisotopic (exact) mass is 487 g/mol. The Morgan fingerprint density at radius 1 is 1.00 bits per heavy atom. The number of carbonyl (C=O) groups is 2. The summed E-state index contributed by atoms with van der Waals surface area (Å²) in [4.78, 5) is 28.3. The predicted octanol–water partition coefficient (Wildman–Crippen LogP) is 3.53. The first-order chi connectivity index (χ1) is 15.8. The van der Waals surface area contributed by atoms with Crippen molar-refractivity contribution in [2.45, 2.75) is 59.0 Å². The van der Waals surface area contributed by atoms with Crippen molar-refractivity contribution in [2.75, 3.05) is 23.7 Å². The normalized spacial score (nSPS) is 12.6. The van der Waals surface area contributed by atoms with Crippen LogP contribution in [0.3, 0.4) is 0 Å². The lowest BCUT2D eigenvalue weighted by molar-refractivity contribution is -0.140. The van der Waals surface area contributed by atoms with Gasteiger partial charge < -0.3 is 10.2 Å². The first-order valence-corrected chi connectivity index (χ1v) is 13.4. The maximum Gasteiger partial charge on any atom is 0.244 e. The molecule has 186 valence electrons. The van der Waals surface area contributed by atoms with Crippen LogP contribution in [-0.4, -0.2) is 56.1 Å². The highest BCUT2D eigenvalue weighted by molar-refractivity contribution is 7.92. The van der Waals surface area contributed by atoms with E-state index in [0.717, 1.165) is 21.7 Å². The van der Waals surface area contributed by atoms with E-state index < -0.39 is 27.5 Å². The van der Waals surface area contributed by atoms with Gasteiger partial charge in [-0.15, -0.1) is 0 Å². The van der Waals surface area contributed by atoms with Crippen molar-refractivity contribution in [3.8, 4) is 0 Å². The summed E-state index contributed by atoms with van der Waals surface area (Å²) in [7, 11) is -3.73. The van der Waals surface area contributed by atoms with Crippen molar-refractivity contribution in [1.82, 2.24) is 10.2 Å². The first kappa shape index (κ1) is 27.4. The summed E-state index contributed by atoms with van der Waals surface area (Å²) in [6.45, 7) is 9.23. The van der Waals surface area contributed by atoms with E-state index >= 15 is 0 Å². The average molecular weight is 488 g/mol. The summed E-state index contributed by atoms with van der Waals surface area (Å²) in [6, 6.07) is 16.0. The van der Waals surface area contributed by atoms with E-state index in [1.54, 1.807) is 25.1 Å². The highest BCUT2D eigenvalue weighted by Crippen LogP contribution is 2.23. The zero-order chi connectivity index (χ0) is 25.5. The number of benzene rings is 2. The lowest BCUT2D eigenvalue weighted by Crippen LogP contribution is -2.56. The molecule has 0 aromatic heterocycles. The summed E-state index contributed by atoms with van der Waals surface area (Å²) in [5, 5.41) is 2.96. The molecule has 0 spiro atoms. The molecular formula is C26H37N3O4S. The van der Waals surface area contributed by atoms with Gasteiger partial charge in [0.1, 0.15) is 12.6 Å². The van der Waals surface area contributed by atoms with E-state index in [-0.39, 0.29) is 12.5 Å². The number of para-hydroxylation sites is 1. The Balaban J connectivity index is 2.39. The second-order valence-corrected chi connectivity index (χ2v) is 11.4. The van der Waals surface area contributed by atoms with Gasteiger partial charge in [-0.25, -0.2) is 8.42 Å². The van der Waals surface area contributed by atoms with Gasteiger partial charge in [0.05, 0.1) is 11.9 Å². The van der Waals surface area contributed by atoms with Gasteiger partial charge in [0.25, 0.3) is 0 Å². The number of aryl methyl sites for hydroxylation is 1. The first-order valence-electron chi connectivity index (χ1n) is 11.5. The van der Waals surface area contributed by atoms with E-state index in [9.17, 15) is 18.0 Å². The van der Waals surface area contributed by atoms with Crippen molar-refractivity contribution in [3.63, 3.8) is 0 Å². The Labute approximate surface area is 204 Å². The van der Waals surface area contributed by atoms with E-state index in [2.05, 4.69) is 5.32 Å². The minimum atomic E-state index is -3.73. The van der Waals surface area contributed by atoms with Crippen LogP contribution in [0, 0.1) is 6.92 Å². The molecule has 8 heteroatoms. The SMILES string of the molecule is CCC(C(=O)NC(C)(C)C)N(CCc1ccccc1)C(=O)CN(c1ccccc1C)S(C)(=O)=O. The smallest absolute Gasteiger partial charge is 0.244 e. The minimum Gasteiger partial charge on any atom is -0.350 e. The number of hydrogen-bond acceptors (Lipinski definition) is 4. The van der Waals surface area contributed by atoms with Crippen LogP contribution < -0.4 is 9.62 Å². The zero-order valence-electron chi connectivity index (χ0n) is 21.0. The van der Waals surface area contributed by atoms with Gasteiger partial charge in [0.15, 0.2) is 0 Å². The number of rotatable bonds is 10. The topological polar surface area (TPSA) is 86.8 Å². The van der Waals surface area contributed by atoms with Crippen molar-refractivity contribution >= 4 is 27.5 Å². The largest absolute Gasteiger partial charge is 0.350 e. The van der Waals surface area contributed by atoms with Crippen LogP contribution >= 0.6 is 0 Å². The van der Waals surface area contributed by atoms with Crippen LogP contribution in [0.5, 0.6) is 0 Å². The van der Waals surface area contributed by atoms with Crippen LogP contribution in [-0.2, 0) is 26.0 Å². The third kappa shape index (κ3) is 7.87. The third-order valence-corrected chi connectivity index (χ3v) is 6.56. The van der Waals surface area contributed by atoms with E-state index in [0.29, 0.717) is 25.1 Å². The van der Waals surface area contributed by atoms with Crippen LogP contribution in [0.15, 0.2) is 54.6 Å². The molecule has 0 saturated heterocycles. The molecule has 0 aliphatic heterocycles. The lowest BCUT2D eigenvalue weighted by Gasteiger charge is -2.34. The lowest BCUT2D eigenvalue weighted by atomic mass is 10.1. The number of hydrogen-bond donors (Lipinski definition) is 1. The fraction of sp³-hybridized carbons (Fsp3) is 0.462. The van der Waals surface area contributed by atoms with Crippen molar-refractivity contribution in [3.05, 3.63) is 65.7 Å². The summed E-state index contributed by atoms with van der Waals surface area (Å²) in [5.74, 6) is -0.668. The fourth-order valence-corrected chi connectivity index (χ4v) is 4.69. The number of nitrogens with one attached hydrogen (secondary N) is 1. The maximum absolute atomic E-state index is 13.6. The Hall–Kier alpha value is -2.87. The quantitative estimate of drug-likeness (QED) is 0.556. The maximum atomic E-state index is 13.6. The molecule has 2 amide bonds. The molecule has 0 radical (unpaired) electrons. The highest BCUT2D eigenvalue weighted by atomic mass is 32.2. The molecule has 0 aliphatic carbocycles. The van der Waals surface area contributed by atoms with Gasteiger partial charge in [-0.2, -0.15) is 0 Å². The van der Waals surface area contributed by atoms with E-state index in [4.69, 9.17) is 0 Å². The highest BCUT2D eigenvalue weighted by Gasteiger charge is 2.33. The molecule has 7 nitrogen and oxygen atoms in total. The number of nitrogens with zero attached hydrogens (tertiary/aromatic N) is 2. The Kier molecular flexibility index (Phi) is 9.27. The third-order valence-electron chi connectivity index (χ3n) is 5.43. The molecule has 0 fully saturated rings. The molecule has 2 aromatic carbocycles. The van der Waals surface area contributed by atoms with Gasteiger partial charge in [0, 0.05) is 12.1 Å². The second kappa shape index (κ2) is 11.5. The van der Waals surface area contributed by atoms with Crippen molar-refractivity contribution < 1.29 is 18.0 Å². The van der Waals surface area contributed by atoms with E-state index in [1.807, 2.05) is 64.1 Å². The van der Waals surface area contributed by atoms with Crippen LogP contribution in [0.4, 0.5) is 5.69 Å². The molecule has 2 aromatic rings. The molecule has 0 heterocycles. The Bertz CT molecular complexity index is 1080. The number of carbonyl (C=O) groups excluding carboxylic acids is 2. The summed E-state index contributed by atoms with van der Waals surface area (Å²) >= 11 is 0. The summed E-state index contributed by atoms with van der Waals surface area (Å²) in [5.41, 5.74) is 1.77. The molecule has 2 rings (SSSR count). The predicted molar refractivity (Wildman–Crippen MR) is 137 cm³/mol. The second-order valence-electron chi connectivity index (χ2n) is 9.54. The van der Waals surface area contributed by atoms with Gasteiger partial charge in [-0.1, -0.05) is 55.5 Å². The van der Waals surface area contributed by atoms with Crippen LogP contribution in [0.2, 0.25) is 0 Å². The number of anilines is 1. The Morgan fingerprint density at radius 2 is 1.59 bits per heavy atom. The molecule has 1 atom stereocenters. The number of sulfonamides is 1. The molecule has 0 saturated carbocycles. The summed E-state index contributed by atoms with van der Waals surface area (Å²) in [6.07, 6.45) is 2.05. The van der Waals surface area contributed by atoms with E-state index in [1.165, 1.54) is 4.90 Å². The molecule has 1 unspecified atom stereocenters. The van der Waals surface area contributed by atoms with Gasteiger partial charge >= 0.3 is 0 Å². The van der Waals surface area contributed by atoms with Gasteiger partial charge in [0.2, 0.25) is 21.8 Å². The molecule has 0 aliphatic rings. The Morgan fingerprint density at radius 3 is 2.12 bits per heavy atom. The van der Waals surface area contributed by atoms with Crippen molar-refractivity contribution in [1.29, 1.82) is 0 Å². The van der Waals surface area contributed by atoms with Gasteiger partial charge in [-0.05, 0) is 57.7 Å². The van der Waals surface area contributed by atoms with Crippen molar-refractivity contribution in [2.24, 2.45) is 0 Å². The molecule has 0 bridgehead atoms. The molecule has 34 heavy (non-hydrogen) atoms. The van der Waals surface area contributed by atoms with Crippen LogP contribution in [0.1, 0.15) is 45.2 Å². The summed E-state index contributed by atoms with van der Waals surface area (Å²) < 4.78 is 26.4. The zero-order valence-corrected chi connectivity index (χ0v) is 21.9.